The predicted octanol–water partition coefficient (Wildman–Crippen LogP) is 2.32. The Morgan fingerprint density at radius 1 is 1.31 bits per heavy atom. The molecule has 0 unspecified atom stereocenters. The van der Waals surface area contributed by atoms with E-state index in [-0.39, 0.29) is 11.2 Å². The number of rotatable bonds is 3. The van der Waals surface area contributed by atoms with Gasteiger partial charge in [0.2, 0.25) is 0 Å². The minimum absolute atomic E-state index is 0.0842. The van der Waals surface area contributed by atoms with Gasteiger partial charge in [0, 0.05) is 17.7 Å². The van der Waals surface area contributed by atoms with Crippen molar-refractivity contribution in [1.82, 2.24) is 5.43 Å². The van der Waals surface area contributed by atoms with Crippen LogP contribution in [0.25, 0.3) is 0 Å². The van der Waals surface area contributed by atoms with Crippen LogP contribution in [-0.4, -0.2) is 16.7 Å². The molecule has 0 radical (unpaired) electrons. The highest BCUT2D eigenvalue weighted by molar-refractivity contribution is 5.79. The molecule has 0 saturated heterocycles. The first kappa shape index (κ1) is 12.2. The standard InChI is InChI=1S/C11H15N3O2/c1-11(2,3)13-12-8-9-4-6-10(7-5-9)14(15)16/h4-8,13H,1-3H3/b12-8-. The summed E-state index contributed by atoms with van der Waals surface area (Å²) in [5.41, 5.74) is 3.76. The summed E-state index contributed by atoms with van der Waals surface area (Å²) >= 11 is 0. The van der Waals surface area contributed by atoms with Crippen LogP contribution in [-0.2, 0) is 0 Å². The SMILES string of the molecule is CC(C)(C)N/N=C\c1ccc([N+](=O)[O-])cc1. The third-order valence-electron chi connectivity index (χ3n) is 1.72. The average molecular weight is 221 g/mol. The van der Waals surface area contributed by atoms with Gasteiger partial charge in [0.1, 0.15) is 0 Å². The molecular weight excluding hydrogens is 206 g/mol. The first-order valence-corrected chi connectivity index (χ1v) is 4.93. The van der Waals surface area contributed by atoms with Gasteiger partial charge in [-0.05, 0) is 38.5 Å². The summed E-state index contributed by atoms with van der Waals surface area (Å²) in [6.07, 6.45) is 1.63. The number of nitrogens with one attached hydrogen (secondary N) is 1. The summed E-state index contributed by atoms with van der Waals surface area (Å²) in [5.74, 6) is 0. The zero-order chi connectivity index (χ0) is 12.2. The van der Waals surface area contributed by atoms with E-state index < -0.39 is 4.92 Å². The van der Waals surface area contributed by atoms with Crippen LogP contribution in [0.2, 0.25) is 0 Å². The molecule has 1 N–H and O–H groups in total. The summed E-state index contributed by atoms with van der Waals surface area (Å²) in [6, 6.07) is 6.23. The second kappa shape index (κ2) is 4.74. The van der Waals surface area contributed by atoms with Crippen LogP contribution in [0.3, 0.4) is 0 Å². The number of non-ortho nitro benzene ring substituents is 1. The molecule has 0 bridgehead atoms. The average Bonchev–Trinajstić information content (AvgIpc) is 2.16. The molecular formula is C11H15N3O2. The molecule has 16 heavy (non-hydrogen) atoms. The molecule has 1 aromatic rings. The minimum atomic E-state index is -0.422. The van der Waals surface area contributed by atoms with Gasteiger partial charge in [0.05, 0.1) is 11.1 Å². The van der Waals surface area contributed by atoms with Gasteiger partial charge in [-0.2, -0.15) is 5.10 Å². The number of nitro groups is 1. The fourth-order valence-electron chi connectivity index (χ4n) is 0.983. The summed E-state index contributed by atoms with van der Waals surface area (Å²) in [7, 11) is 0. The molecule has 0 aliphatic rings. The lowest BCUT2D eigenvalue weighted by Gasteiger charge is -2.16. The van der Waals surface area contributed by atoms with E-state index >= 15 is 0 Å². The molecule has 0 aliphatic heterocycles. The van der Waals surface area contributed by atoms with E-state index in [0.717, 1.165) is 5.56 Å². The van der Waals surface area contributed by atoms with E-state index in [1.807, 2.05) is 20.8 Å². The van der Waals surface area contributed by atoms with Gasteiger partial charge in [-0.15, -0.1) is 0 Å². The van der Waals surface area contributed by atoms with Crippen molar-refractivity contribution in [2.24, 2.45) is 5.10 Å². The topological polar surface area (TPSA) is 67.5 Å². The fraction of sp³-hybridized carbons (Fsp3) is 0.364. The molecule has 0 fully saturated rings. The number of nitro benzene ring substituents is 1. The van der Waals surface area contributed by atoms with Crippen LogP contribution in [0.5, 0.6) is 0 Å². The van der Waals surface area contributed by atoms with Crippen molar-refractivity contribution in [2.75, 3.05) is 0 Å². The highest BCUT2D eigenvalue weighted by Crippen LogP contribution is 2.10. The van der Waals surface area contributed by atoms with Gasteiger partial charge in [0.15, 0.2) is 0 Å². The van der Waals surface area contributed by atoms with Gasteiger partial charge in [-0.25, -0.2) is 0 Å². The van der Waals surface area contributed by atoms with Gasteiger partial charge < -0.3 is 5.43 Å². The third kappa shape index (κ3) is 4.08. The Morgan fingerprint density at radius 3 is 2.31 bits per heavy atom. The maximum absolute atomic E-state index is 10.4. The molecule has 5 heteroatoms. The van der Waals surface area contributed by atoms with Crippen molar-refractivity contribution in [2.45, 2.75) is 26.3 Å². The monoisotopic (exact) mass is 221 g/mol. The van der Waals surface area contributed by atoms with E-state index in [1.54, 1.807) is 18.3 Å². The Labute approximate surface area is 94.3 Å². The van der Waals surface area contributed by atoms with Gasteiger partial charge in [-0.3, -0.25) is 10.1 Å². The van der Waals surface area contributed by atoms with E-state index in [9.17, 15) is 10.1 Å². The van der Waals surface area contributed by atoms with Crippen LogP contribution in [0.1, 0.15) is 26.3 Å². The molecule has 1 rings (SSSR count). The second-order valence-electron chi connectivity index (χ2n) is 4.47. The molecule has 0 amide bonds. The molecule has 0 spiro atoms. The first-order chi connectivity index (χ1) is 7.38. The number of hydrogen-bond donors (Lipinski definition) is 1. The van der Waals surface area contributed by atoms with Crippen molar-refractivity contribution in [3.8, 4) is 0 Å². The van der Waals surface area contributed by atoms with Crippen LogP contribution < -0.4 is 5.43 Å². The summed E-state index contributed by atoms with van der Waals surface area (Å²) in [5, 5.41) is 14.5. The van der Waals surface area contributed by atoms with Gasteiger partial charge in [-0.1, -0.05) is 0 Å². The molecule has 0 heterocycles. The Kier molecular flexibility index (Phi) is 3.60. The lowest BCUT2D eigenvalue weighted by molar-refractivity contribution is -0.384. The fourth-order valence-corrected chi connectivity index (χ4v) is 0.983. The molecule has 0 saturated carbocycles. The van der Waals surface area contributed by atoms with Crippen molar-refractivity contribution in [3.63, 3.8) is 0 Å². The summed E-state index contributed by atoms with van der Waals surface area (Å²) in [4.78, 5) is 10.00. The Balaban J connectivity index is 2.65. The zero-order valence-corrected chi connectivity index (χ0v) is 9.60. The van der Waals surface area contributed by atoms with Crippen LogP contribution in [0.4, 0.5) is 5.69 Å². The summed E-state index contributed by atoms with van der Waals surface area (Å²) in [6.45, 7) is 6.00. The minimum Gasteiger partial charge on any atom is -0.305 e. The largest absolute Gasteiger partial charge is 0.305 e. The highest BCUT2D eigenvalue weighted by Gasteiger charge is 2.06. The Morgan fingerprint density at radius 2 is 1.88 bits per heavy atom. The molecule has 0 aliphatic carbocycles. The highest BCUT2D eigenvalue weighted by atomic mass is 16.6. The number of nitrogens with zero attached hydrogens (tertiary/aromatic N) is 2. The van der Waals surface area contributed by atoms with Crippen LogP contribution >= 0.6 is 0 Å². The van der Waals surface area contributed by atoms with Gasteiger partial charge in [0.25, 0.3) is 5.69 Å². The summed E-state index contributed by atoms with van der Waals surface area (Å²) < 4.78 is 0. The quantitative estimate of drug-likeness (QED) is 0.484. The van der Waals surface area contributed by atoms with Crippen molar-refractivity contribution < 1.29 is 4.92 Å². The number of hydrogen-bond acceptors (Lipinski definition) is 4. The number of hydrazone groups is 1. The Bertz CT molecular complexity index is 391. The predicted molar refractivity (Wildman–Crippen MR) is 63.6 cm³/mol. The maximum atomic E-state index is 10.4. The van der Waals surface area contributed by atoms with Crippen molar-refractivity contribution in [3.05, 3.63) is 39.9 Å². The molecule has 86 valence electrons. The smallest absolute Gasteiger partial charge is 0.269 e. The van der Waals surface area contributed by atoms with Crippen molar-refractivity contribution in [1.29, 1.82) is 0 Å². The third-order valence-corrected chi connectivity index (χ3v) is 1.72. The first-order valence-electron chi connectivity index (χ1n) is 4.93. The lowest BCUT2D eigenvalue weighted by atomic mass is 10.1. The van der Waals surface area contributed by atoms with Gasteiger partial charge >= 0.3 is 0 Å². The van der Waals surface area contributed by atoms with E-state index in [4.69, 9.17) is 0 Å². The molecule has 0 atom stereocenters. The lowest BCUT2D eigenvalue weighted by Crippen LogP contribution is -2.31. The van der Waals surface area contributed by atoms with E-state index in [0.29, 0.717) is 0 Å². The molecule has 1 aromatic carbocycles. The van der Waals surface area contributed by atoms with Crippen LogP contribution in [0.15, 0.2) is 29.4 Å². The van der Waals surface area contributed by atoms with Crippen LogP contribution in [0, 0.1) is 10.1 Å². The number of benzene rings is 1. The molecule has 5 nitrogen and oxygen atoms in total. The van der Waals surface area contributed by atoms with E-state index in [2.05, 4.69) is 10.5 Å². The van der Waals surface area contributed by atoms with E-state index in [1.165, 1.54) is 12.1 Å². The maximum Gasteiger partial charge on any atom is 0.269 e. The molecule has 0 aromatic heterocycles. The Hall–Kier alpha value is -1.91. The normalized spacial score (nSPS) is 11.7. The second-order valence-corrected chi connectivity index (χ2v) is 4.47. The zero-order valence-electron chi connectivity index (χ0n) is 9.60. The van der Waals surface area contributed by atoms with Crippen molar-refractivity contribution >= 4 is 11.9 Å².